The minimum Gasteiger partial charge on any atom is -0.387 e. The zero-order chi connectivity index (χ0) is 15.0. The molecule has 2 atom stereocenters. The number of ether oxygens (including phenoxy) is 1. The van der Waals surface area contributed by atoms with Gasteiger partial charge in [-0.2, -0.15) is 0 Å². The Morgan fingerprint density at radius 1 is 1.25 bits per heavy atom. The van der Waals surface area contributed by atoms with Gasteiger partial charge >= 0.3 is 0 Å². The molecule has 0 aliphatic heterocycles. The van der Waals surface area contributed by atoms with E-state index < -0.39 is 6.10 Å². The predicted octanol–water partition coefficient (Wildman–Crippen LogP) is 2.19. The number of hydrogen-bond donors (Lipinski definition) is 2. The van der Waals surface area contributed by atoms with Crippen LogP contribution in [0, 0.1) is 0 Å². The molecule has 0 aromatic heterocycles. The van der Waals surface area contributed by atoms with E-state index in [1.807, 2.05) is 38.4 Å². The summed E-state index contributed by atoms with van der Waals surface area (Å²) in [7, 11) is 5.73. The van der Waals surface area contributed by atoms with Gasteiger partial charge in [0.1, 0.15) is 0 Å². The third-order valence-electron chi connectivity index (χ3n) is 3.50. The van der Waals surface area contributed by atoms with Gasteiger partial charge in [0.2, 0.25) is 0 Å². The molecule has 0 aliphatic rings. The molecule has 0 saturated heterocycles. The minimum absolute atomic E-state index is 0.0806. The van der Waals surface area contributed by atoms with E-state index in [9.17, 15) is 5.11 Å². The van der Waals surface area contributed by atoms with Crippen LogP contribution in [0.2, 0.25) is 0 Å². The van der Waals surface area contributed by atoms with Gasteiger partial charge in [-0.05, 0) is 37.1 Å². The average Bonchev–Trinajstić information content (AvgIpc) is 2.47. The molecule has 0 aliphatic carbocycles. The molecular weight excluding hydrogens is 252 g/mol. The molecule has 0 amide bonds. The molecule has 0 spiro atoms. The molecule has 0 saturated carbocycles. The normalized spacial score (nSPS) is 14.1. The van der Waals surface area contributed by atoms with Gasteiger partial charge in [-0.25, -0.2) is 0 Å². The van der Waals surface area contributed by atoms with Crippen LogP contribution in [0.5, 0.6) is 0 Å². The number of hydrogen-bond acceptors (Lipinski definition) is 4. The molecule has 4 nitrogen and oxygen atoms in total. The van der Waals surface area contributed by atoms with E-state index in [4.69, 9.17) is 4.74 Å². The van der Waals surface area contributed by atoms with Crippen LogP contribution in [0.1, 0.15) is 31.4 Å². The topological polar surface area (TPSA) is 44.7 Å². The van der Waals surface area contributed by atoms with Crippen molar-refractivity contribution in [3.63, 3.8) is 0 Å². The zero-order valence-electron chi connectivity index (χ0n) is 13.1. The summed E-state index contributed by atoms with van der Waals surface area (Å²) in [4.78, 5) is 2.05. The Morgan fingerprint density at radius 2 is 1.90 bits per heavy atom. The van der Waals surface area contributed by atoms with Crippen molar-refractivity contribution in [1.82, 2.24) is 5.32 Å². The minimum atomic E-state index is -0.473. The molecule has 4 heteroatoms. The van der Waals surface area contributed by atoms with E-state index in [-0.39, 0.29) is 6.04 Å². The molecule has 0 bridgehead atoms. The fourth-order valence-electron chi connectivity index (χ4n) is 2.19. The van der Waals surface area contributed by atoms with Gasteiger partial charge in [-0.3, -0.25) is 0 Å². The summed E-state index contributed by atoms with van der Waals surface area (Å²) >= 11 is 0. The van der Waals surface area contributed by atoms with Gasteiger partial charge in [0.05, 0.1) is 6.10 Å². The quantitative estimate of drug-likeness (QED) is 0.681. The second-order valence-electron chi connectivity index (χ2n) is 5.25. The van der Waals surface area contributed by atoms with Gasteiger partial charge < -0.3 is 20.1 Å². The Labute approximate surface area is 122 Å². The van der Waals surface area contributed by atoms with Crippen LogP contribution >= 0.6 is 0 Å². The van der Waals surface area contributed by atoms with Crippen LogP contribution in [-0.4, -0.2) is 45.5 Å². The summed E-state index contributed by atoms with van der Waals surface area (Å²) in [5, 5.41) is 13.9. The molecule has 1 aromatic carbocycles. The second-order valence-corrected chi connectivity index (χ2v) is 5.25. The van der Waals surface area contributed by atoms with Crippen LogP contribution in [0.3, 0.4) is 0 Å². The van der Waals surface area contributed by atoms with Gasteiger partial charge in [0, 0.05) is 39.5 Å². The lowest BCUT2D eigenvalue weighted by molar-refractivity contribution is 0.123. The van der Waals surface area contributed by atoms with Crippen molar-refractivity contribution in [2.75, 3.05) is 39.3 Å². The second kappa shape index (κ2) is 8.95. The standard InChI is InChI=1S/C16H28N2O2/c1-5-15(17-11-6-12-20-4)16(19)13-7-9-14(10-8-13)18(2)3/h7-10,15-17,19H,5-6,11-12H2,1-4H3. The van der Waals surface area contributed by atoms with Crippen molar-refractivity contribution >= 4 is 5.69 Å². The zero-order valence-corrected chi connectivity index (χ0v) is 13.1. The molecule has 1 rings (SSSR count). The first kappa shape index (κ1) is 17.0. The van der Waals surface area contributed by atoms with Crippen molar-refractivity contribution in [3.05, 3.63) is 29.8 Å². The molecule has 20 heavy (non-hydrogen) atoms. The first-order chi connectivity index (χ1) is 9.60. The molecule has 114 valence electrons. The highest BCUT2D eigenvalue weighted by Gasteiger charge is 2.18. The summed E-state index contributed by atoms with van der Waals surface area (Å²) in [5.74, 6) is 0. The van der Waals surface area contributed by atoms with E-state index in [2.05, 4.69) is 17.1 Å². The number of benzene rings is 1. The Hall–Kier alpha value is -1.10. The van der Waals surface area contributed by atoms with Crippen molar-refractivity contribution < 1.29 is 9.84 Å². The lowest BCUT2D eigenvalue weighted by Gasteiger charge is -2.24. The summed E-state index contributed by atoms with van der Waals surface area (Å²) in [6.07, 6.45) is 1.38. The number of anilines is 1. The van der Waals surface area contributed by atoms with Crippen LogP contribution < -0.4 is 10.2 Å². The molecule has 0 fully saturated rings. The van der Waals surface area contributed by atoms with Gasteiger partial charge in [0.15, 0.2) is 0 Å². The molecule has 0 radical (unpaired) electrons. The third-order valence-corrected chi connectivity index (χ3v) is 3.50. The first-order valence-electron chi connectivity index (χ1n) is 7.27. The fraction of sp³-hybridized carbons (Fsp3) is 0.625. The number of nitrogens with zero attached hydrogens (tertiary/aromatic N) is 1. The maximum atomic E-state index is 10.5. The molecule has 0 heterocycles. The van der Waals surface area contributed by atoms with Gasteiger partial charge in [-0.15, -0.1) is 0 Å². The highest BCUT2D eigenvalue weighted by molar-refractivity contribution is 5.46. The van der Waals surface area contributed by atoms with Gasteiger partial charge in [0.25, 0.3) is 0 Å². The maximum absolute atomic E-state index is 10.5. The summed E-state index contributed by atoms with van der Waals surface area (Å²) in [6, 6.07) is 8.16. The maximum Gasteiger partial charge on any atom is 0.0942 e. The Morgan fingerprint density at radius 3 is 2.40 bits per heavy atom. The number of aliphatic hydroxyl groups excluding tert-OH is 1. The summed E-state index contributed by atoms with van der Waals surface area (Å²) < 4.78 is 5.03. The van der Waals surface area contributed by atoms with Crippen LogP contribution in [-0.2, 0) is 4.74 Å². The third kappa shape index (κ3) is 5.12. The largest absolute Gasteiger partial charge is 0.387 e. The monoisotopic (exact) mass is 280 g/mol. The number of rotatable bonds is 9. The van der Waals surface area contributed by atoms with E-state index >= 15 is 0 Å². The molecule has 2 N–H and O–H groups in total. The van der Waals surface area contributed by atoms with E-state index in [0.29, 0.717) is 0 Å². The Kier molecular flexibility index (Phi) is 7.59. The van der Waals surface area contributed by atoms with Crippen LogP contribution in [0.25, 0.3) is 0 Å². The highest BCUT2D eigenvalue weighted by atomic mass is 16.5. The smallest absolute Gasteiger partial charge is 0.0942 e. The number of nitrogens with one attached hydrogen (secondary N) is 1. The summed E-state index contributed by atoms with van der Waals surface area (Å²) in [6.45, 7) is 3.70. The fourth-order valence-corrected chi connectivity index (χ4v) is 2.19. The predicted molar refractivity (Wildman–Crippen MR) is 84.3 cm³/mol. The van der Waals surface area contributed by atoms with Crippen LogP contribution in [0.15, 0.2) is 24.3 Å². The Balaban J connectivity index is 2.58. The van der Waals surface area contributed by atoms with E-state index in [1.54, 1.807) is 7.11 Å². The lowest BCUT2D eigenvalue weighted by Crippen LogP contribution is -2.35. The highest BCUT2D eigenvalue weighted by Crippen LogP contribution is 2.21. The van der Waals surface area contributed by atoms with Gasteiger partial charge in [-0.1, -0.05) is 19.1 Å². The molecule has 1 aromatic rings. The van der Waals surface area contributed by atoms with Crippen molar-refractivity contribution in [3.8, 4) is 0 Å². The number of aliphatic hydroxyl groups is 1. The SMILES string of the molecule is CCC(NCCCOC)C(O)c1ccc(N(C)C)cc1. The summed E-state index contributed by atoms with van der Waals surface area (Å²) in [5.41, 5.74) is 2.10. The number of methoxy groups -OCH3 is 1. The van der Waals surface area contributed by atoms with Crippen molar-refractivity contribution in [2.24, 2.45) is 0 Å². The molecular formula is C16H28N2O2. The Bertz CT molecular complexity index is 365. The first-order valence-corrected chi connectivity index (χ1v) is 7.27. The van der Waals surface area contributed by atoms with Crippen molar-refractivity contribution in [2.45, 2.75) is 31.9 Å². The molecule has 2 unspecified atom stereocenters. The lowest BCUT2D eigenvalue weighted by atomic mass is 10.00. The van der Waals surface area contributed by atoms with E-state index in [1.165, 1.54) is 0 Å². The van der Waals surface area contributed by atoms with Crippen LogP contribution in [0.4, 0.5) is 5.69 Å². The van der Waals surface area contributed by atoms with E-state index in [0.717, 1.165) is 37.2 Å². The van der Waals surface area contributed by atoms with Crippen molar-refractivity contribution in [1.29, 1.82) is 0 Å². The average molecular weight is 280 g/mol.